The third kappa shape index (κ3) is 3.08. The Hall–Kier alpha value is -3.08. The van der Waals surface area contributed by atoms with Gasteiger partial charge < -0.3 is 9.64 Å². The maximum atomic E-state index is 12.8. The number of ether oxygens (including phenoxy) is 1. The van der Waals surface area contributed by atoms with Crippen LogP contribution in [0.25, 0.3) is 11.3 Å². The van der Waals surface area contributed by atoms with E-state index in [2.05, 4.69) is 23.2 Å². The second kappa shape index (κ2) is 7.04. The fourth-order valence-corrected chi connectivity index (χ4v) is 3.21. The molecule has 1 aromatic heterocycles. The number of para-hydroxylation sites is 1. The smallest absolute Gasteiger partial charge is 0.257 e. The number of aryl methyl sites for hydroxylation is 1. The molecule has 1 fully saturated rings. The summed E-state index contributed by atoms with van der Waals surface area (Å²) in [7, 11) is 0. The van der Waals surface area contributed by atoms with Gasteiger partial charge in [-0.3, -0.25) is 9.89 Å². The van der Waals surface area contributed by atoms with Crippen molar-refractivity contribution in [2.75, 3.05) is 13.1 Å². The van der Waals surface area contributed by atoms with Crippen LogP contribution in [0.5, 0.6) is 5.75 Å². The Labute approximate surface area is 152 Å². The van der Waals surface area contributed by atoms with Crippen LogP contribution >= 0.6 is 0 Å². The number of carbonyl (C=O) groups is 1. The molecular formula is C21H21N3O2. The molecule has 26 heavy (non-hydrogen) atoms. The van der Waals surface area contributed by atoms with E-state index in [0.29, 0.717) is 18.7 Å². The van der Waals surface area contributed by atoms with Crippen molar-refractivity contribution >= 4 is 5.91 Å². The molecule has 5 heteroatoms. The number of nitrogens with one attached hydrogen (secondary N) is 1. The van der Waals surface area contributed by atoms with Crippen molar-refractivity contribution in [2.24, 2.45) is 0 Å². The zero-order valence-electron chi connectivity index (χ0n) is 14.7. The number of H-pyrrole nitrogens is 1. The molecule has 0 atom stereocenters. The lowest BCUT2D eigenvalue weighted by atomic mass is 10.0. The number of hydrogen-bond acceptors (Lipinski definition) is 3. The Morgan fingerprint density at radius 1 is 1.15 bits per heavy atom. The summed E-state index contributed by atoms with van der Waals surface area (Å²) in [5.41, 5.74) is 3.51. The van der Waals surface area contributed by atoms with Gasteiger partial charge in [-0.15, -0.1) is 0 Å². The van der Waals surface area contributed by atoms with E-state index in [4.69, 9.17) is 4.74 Å². The predicted molar refractivity (Wildman–Crippen MR) is 100 cm³/mol. The normalized spacial score (nSPS) is 14.1. The van der Waals surface area contributed by atoms with Crippen molar-refractivity contribution in [2.45, 2.75) is 19.4 Å². The van der Waals surface area contributed by atoms with E-state index < -0.39 is 0 Å². The number of likely N-dealkylation sites (tertiary alicyclic amines) is 1. The summed E-state index contributed by atoms with van der Waals surface area (Å²) in [4.78, 5) is 14.6. The lowest BCUT2D eigenvalue weighted by molar-refractivity contribution is 0.0175. The molecular weight excluding hydrogens is 326 g/mol. The quantitative estimate of drug-likeness (QED) is 0.768. The van der Waals surface area contributed by atoms with E-state index in [-0.39, 0.29) is 12.0 Å². The van der Waals surface area contributed by atoms with Crippen molar-refractivity contribution in [3.05, 3.63) is 71.9 Å². The molecule has 0 unspecified atom stereocenters. The molecule has 0 saturated carbocycles. The highest BCUT2D eigenvalue weighted by atomic mass is 16.5. The lowest BCUT2D eigenvalue weighted by Gasteiger charge is -2.39. The molecule has 3 aromatic rings. The monoisotopic (exact) mass is 347 g/mol. The summed E-state index contributed by atoms with van der Waals surface area (Å²) >= 11 is 0. The number of benzene rings is 2. The minimum absolute atomic E-state index is 0.0128. The van der Waals surface area contributed by atoms with Crippen LogP contribution in [-0.4, -0.2) is 40.2 Å². The van der Waals surface area contributed by atoms with Crippen LogP contribution < -0.4 is 4.74 Å². The molecule has 5 nitrogen and oxygen atoms in total. The summed E-state index contributed by atoms with van der Waals surface area (Å²) < 4.78 is 6.07. The number of aromatic nitrogens is 2. The zero-order valence-corrected chi connectivity index (χ0v) is 14.7. The molecule has 0 aliphatic carbocycles. The van der Waals surface area contributed by atoms with Crippen molar-refractivity contribution in [3.63, 3.8) is 0 Å². The summed E-state index contributed by atoms with van der Waals surface area (Å²) in [6.45, 7) is 3.30. The Balaban J connectivity index is 1.42. The molecule has 1 amide bonds. The van der Waals surface area contributed by atoms with Crippen LogP contribution in [-0.2, 0) is 6.42 Å². The van der Waals surface area contributed by atoms with E-state index >= 15 is 0 Å². The second-order valence-corrected chi connectivity index (χ2v) is 6.44. The molecule has 2 aromatic carbocycles. The number of aromatic amines is 1. The molecule has 132 valence electrons. The first-order valence-electron chi connectivity index (χ1n) is 8.89. The second-order valence-electron chi connectivity index (χ2n) is 6.44. The van der Waals surface area contributed by atoms with Gasteiger partial charge in [0, 0.05) is 5.56 Å². The van der Waals surface area contributed by atoms with Gasteiger partial charge in [-0.05, 0) is 18.1 Å². The van der Waals surface area contributed by atoms with Crippen molar-refractivity contribution in [1.29, 1.82) is 0 Å². The molecule has 0 spiro atoms. The van der Waals surface area contributed by atoms with Crippen molar-refractivity contribution in [1.82, 2.24) is 15.1 Å². The fraction of sp³-hybridized carbons (Fsp3) is 0.238. The fourth-order valence-electron chi connectivity index (χ4n) is 3.21. The maximum Gasteiger partial charge on any atom is 0.257 e. The van der Waals surface area contributed by atoms with Gasteiger partial charge in [0.2, 0.25) is 0 Å². The van der Waals surface area contributed by atoms with E-state index in [1.54, 1.807) is 11.1 Å². The lowest BCUT2D eigenvalue weighted by Crippen LogP contribution is -2.56. The molecule has 2 heterocycles. The summed E-state index contributed by atoms with van der Waals surface area (Å²) in [5.74, 6) is 0.904. The Morgan fingerprint density at radius 2 is 1.88 bits per heavy atom. The van der Waals surface area contributed by atoms with Crippen LogP contribution in [0.4, 0.5) is 0 Å². The third-order valence-electron chi connectivity index (χ3n) is 4.71. The molecule has 4 rings (SSSR count). The number of amides is 1. The summed E-state index contributed by atoms with van der Waals surface area (Å²) in [5, 5.41) is 7.01. The first kappa shape index (κ1) is 16.4. The van der Waals surface area contributed by atoms with Gasteiger partial charge in [0.1, 0.15) is 11.9 Å². The van der Waals surface area contributed by atoms with Gasteiger partial charge in [0.05, 0.1) is 30.5 Å². The van der Waals surface area contributed by atoms with Crippen LogP contribution in [0.1, 0.15) is 22.8 Å². The van der Waals surface area contributed by atoms with Crippen LogP contribution in [0.2, 0.25) is 0 Å². The van der Waals surface area contributed by atoms with Gasteiger partial charge in [0.25, 0.3) is 5.91 Å². The van der Waals surface area contributed by atoms with Gasteiger partial charge in [-0.1, -0.05) is 55.5 Å². The van der Waals surface area contributed by atoms with Crippen LogP contribution in [0.3, 0.4) is 0 Å². The molecule has 0 bridgehead atoms. The average Bonchev–Trinajstić information content (AvgIpc) is 3.14. The standard InChI is InChI=1S/C21H21N3O2/c1-2-15-8-6-7-11-19(15)26-17-13-24(14-17)21(25)18-12-22-23-20(18)16-9-4-3-5-10-16/h3-12,17H,2,13-14H2,1H3,(H,22,23). The molecule has 0 radical (unpaired) electrons. The first-order valence-corrected chi connectivity index (χ1v) is 8.89. The molecule has 1 saturated heterocycles. The SMILES string of the molecule is CCc1ccccc1OC1CN(C(=O)c2cn[nH]c2-c2ccccc2)C1. The highest BCUT2D eigenvalue weighted by Gasteiger charge is 2.34. The Bertz CT molecular complexity index is 898. The first-order chi connectivity index (χ1) is 12.8. The van der Waals surface area contributed by atoms with Crippen molar-refractivity contribution < 1.29 is 9.53 Å². The third-order valence-corrected chi connectivity index (χ3v) is 4.71. The van der Waals surface area contributed by atoms with Crippen LogP contribution in [0, 0.1) is 0 Å². The number of nitrogens with zero attached hydrogens (tertiary/aromatic N) is 2. The number of carbonyl (C=O) groups excluding carboxylic acids is 1. The Kier molecular flexibility index (Phi) is 4.44. The summed E-state index contributed by atoms with van der Waals surface area (Å²) in [6.07, 6.45) is 2.57. The van der Waals surface area contributed by atoms with Gasteiger partial charge in [-0.2, -0.15) is 5.10 Å². The average molecular weight is 347 g/mol. The maximum absolute atomic E-state index is 12.8. The number of hydrogen-bond donors (Lipinski definition) is 1. The molecule has 1 aliphatic heterocycles. The highest BCUT2D eigenvalue weighted by molar-refractivity contribution is 6.00. The summed E-state index contributed by atoms with van der Waals surface area (Å²) in [6, 6.07) is 17.8. The largest absolute Gasteiger partial charge is 0.486 e. The topological polar surface area (TPSA) is 58.2 Å². The highest BCUT2D eigenvalue weighted by Crippen LogP contribution is 2.26. The van der Waals surface area contributed by atoms with E-state index in [9.17, 15) is 4.79 Å². The van der Waals surface area contributed by atoms with E-state index in [1.165, 1.54) is 5.56 Å². The van der Waals surface area contributed by atoms with Gasteiger partial charge in [0.15, 0.2) is 0 Å². The zero-order chi connectivity index (χ0) is 17.9. The number of rotatable bonds is 5. The minimum Gasteiger partial charge on any atom is -0.486 e. The van der Waals surface area contributed by atoms with Crippen molar-refractivity contribution in [3.8, 4) is 17.0 Å². The van der Waals surface area contributed by atoms with E-state index in [1.807, 2.05) is 48.5 Å². The Morgan fingerprint density at radius 3 is 2.65 bits per heavy atom. The molecule has 1 aliphatic rings. The van der Waals surface area contributed by atoms with Gasteiger partial charge >= 0.3 is 0 Å². The predicted octanol–water partition coefficient (Wildman–Crippen LogP) is 3.54. The van der Waals surface area contributed by atoms with E-state index in [0.717, 1.165) is 23.4 Å². The minimum atomic E-state index is -0.0128. The molecule has 1 N–H and O–H groups in total. The van der Waals surface area contributed by atoms with Gasteiger partial charge in [-0.25, -0.2) is 0 Å². The van der Waals surface area contributed by atoms with Crippen LogP contribution in [0.15, 0.2) is 60.8 Å².